The number of piperidine rings is 1. The lowest BCUT2D eigenvalue weighted by Crippen LogP contribution is -2.50. The fourth-order valence-electron chi connectivity index (χ4n) is 3.94. The van der Waals surface area contributed by atoms with Crippen LogP contribution in [0.15, 0.2) is 24.3 Å². The summed E-state index contributed by atoms with van der Waals surface area (Å²) < 4.78 is 5.59. The molecule has 0 aromatic heterocycles. The van der Waals surface area contributed by atoms with Gasteiger partial charge in [0.25, 0.3) is 5.91 Å². The smallest absolute Gasteiger partial charge is 0.251 e. The maximum absolute atomic E-state index is 13.1. The number of hydrogen-bond acceptors (Lipinski definition) is 5. The Balaban J connectivity index is 1.85. The molecule has 0 radical (unpaired) electrons. The summed E-state index contributed by atoms with van der Waals surface area (Å²) >= 11 is 0. The fraction of sp³-hybridized carbons (Fsp3) is 0.579. The lowest BCUT2D eigenvalue weighted by Gasteiger charge is -2.38. The Kier molecular flexibility index (Phi) is 5.71. The molecule has 0 bridgehead atoms. The quantitative estimate of drug-likeness (QED) is 0.798. The third-order valence-corrected chi connectivity index (χ3v) is 5.06. The van der Waals surface area contributed by atoms with E-state index in [0.29, 0.717) is 24.5 Å². The van der Waals surface area contributed by atoms with Crippen molar-refractivity contribution in [3.63, 3.8) is 0 Å². The van der Waals surface area contributed by atoms with Crippen LogP contribution in [0, 0.1) is 0 Å². The maximum atomic E-state index is 13.1. The summed E-state index contributed by atoms with van der Waals surface area (Å²) in [7, 11) is 0. The van der Waals surface area contributed by atoms with Crippen LogP contribution in [0.3, 0.4) is 0 Å². The van der Waals surface area contributed by atoms with Gasteiger partial charge in [-0.2, -0.15) is 0 Å². The lowest BCUT2D eigenvalue weighted by atomic mass is 9.97. The van der Waals surface area contributed by atoms with Gasteiger partial charge in [-0.05, 0) is 44.9 Å². The molecule has 0 spiro atoms. The van der Waals surface area contributed by atoms with Crippen molar-refractivity contribution < 1.29 is 19.4 Å². The molecule has 3 rings (SSSR count). The van der Waals surface area contributed by atoms with Gasteiger partial charge in [-0.25, -0.2) is 4.90 Å². The second-order valence-corrected chi connectivity index (χ2v) is 6.59. The van der Waals surface area contributed by atoms with E-state index in [2.05, 4.69) is 4.90 Å². The van der Waals surface area contributed by atoms with E-state index in [-0.39, 0.29) is 30.9 Å². The highest BCUT2D eigenvalue weighted by atomic mass is 16.5. The summed E-state index contributed by atoms with van der Waals surface area (Å²) in [5.74, 6) is 0.190. The summed E-state index contributed by atoms with van der Waals surface area (Å²) in [5.41, 5.74) is 0.526. The normalized spacial score (nSPS) is 24.8. The predicted octanol–water partition coefficient (Wildman–Crippen LogP) is 1.95. The molecule has 136 valence electrons. The number of amides is 2. The van der Waals surface area contributed by atoms with E-state index >= 15 is 0 Å². The molecule has 2 atom stereocenters. The highest BCUT2D eigenvalue weighted by Crippen LogP contribution is 2.35. The molecule has 6 heteroatoms. The van der Waals surface area contributed by atoms with Crippen molar-refractivity contribution >= 4 is 17.5 Å². The van der Waals surface area contributed by atoms with Gasteiger partial charge in [0.05, 0.1) is 24.8 Å². The SMILES string of the molecule is CCOc1ccccc1N1C(=O)CC(N2CCCCC2CCO)C1=O. The molecule has 1 N–H and O–H groups in total. The first-order valence-corrected chi connectivity index (χ1v) is 9.12. The number of aliphatic hydroxyl groups excluding tert-OH is 1. The minimum absolute atomic E-state index is 0.104. The first kappa shape index (κ1) is 17.9. The molecule has 2 aliphatic heterocycles. The molecular formula is C19H26N2O4. The highest BCUT2D eigenvalue weighted by molar-refractivity contribution is 6.23. The minimum Gasteiger partial charge on any atom is -0.492 e. The van der Waals surface area contributed by atoms with Crippen molar-refractivity contribution in [3.8, 4) is 5.75 Å². The van der Waals surface area contributed by atoms with Crippen molar-refractivity contribution in [1.82, 2.24) is 4.90 Å². The number of hydrogen-bond donors (Lipinski definition) is 1. The molecule has 2 unspecified atom stereocenters. The monoisotopic (exact) mass is 346 g/mol. The van der Waals surface area contributed by atoms with E-state index in [0.717, 1.165) is 25.8 Å². The molecular weight excluding hydrogens is 320 g/mol. The standard InChI is InChI=1S/C19H26N2O4/c1-2-25-17-9-4-3-8-15(17)21-18(23)13-16(19(21)24)20-11-6-5-7-14(20)10-12-22/h3-4,8-9,14,16,22H,2,5-7,10-13H2,1H3. The van der Waals surface area contributed by atoms with Crippen LogP contribution in [0.5, 0.6) is 5.75 Å². The number of aliphatic hydroxyl groups is 1. The zero-order chi connectivity index (χ0) is 17.8. The summed E-state index contributed by atoms with van der Waals surface area (Å²) in [6, 6.07) is 6.91. The Labute approximate surface area is 148 Å². The van der Waals surface area contributed by atoms with Gasteiger partial charge in [-0.1, -0.05) is 18.6 Å². The molecule has 0 aliphatic carbocycles. The Morgan fingerprint density at radius 1 is 1.24 bits per heavy atom. The molecule has 2 fully saturated rings. The van der Waals surface area contributed by atoms with Crippen LogP contribution in [-0.2, 0) is 9.59 Å². The molecule has 25 heavy (non-hydrogen) atoms. The van der Waals surface area contributed by atoms with Crippen LogP contribution in [0.25, 0.3) is 0 Å². The topological polar surface area (TPSA) is 70.1 Å². The Morgan fingerprint density at radius 3 is 2.80 bits per heavy atom. The lowest BCUT2D eigenvalue weighted by molar-refractivity contribution is -0.124. The average molecular weight is 346 g/mol. The molecule has 2 amide bonds. The number of rotatable bonds is 6. The van der Waals surface area contributed by atoms with Crippen LogP contribution in [0.4, 0.5) is 5.69 Å². The van der Waals surface area contributed by atoms with E-state index in [9.17, 15) is 14.7 Å². The van der Waals surface area contributed by atoms with Crippen LogP contribution < -0.4 is 9.64 Å². The Hall–Kier alpha value is -1.92. The van der Waals surface area contributed by atoms with Gasteiger partial charge in [0.2, 0.25) is 5.91 Å². The van der Waals surface area contributed by atoms with Crippen LogP contribution >= 0.6 is 0 Å². The number of imide groups is 1. The van der Waals surface area contributed by atoms with Crippen molar-refractivity contribution in [2.45, 2.75) is 51.1 Å². The average Bonchev–Trinajstić information content (AvgIpc) is 2.91. The third kappa shape index (κ3) is 3.55. The molecule has 0 saturated carbocycles. The van der Waals surface area contributed by atoms with Gasteiger partial charge in [0.1, 0.15) is 5.75 Å². The first-order valence-electron chi connectivity index (χ1n) is 9.12. The molecule has 2 saturated heterocycles. The zero-order valence-electron chi connectivity index (χ0n) is 14.7. The Bertz CT molecular complexity index is 632. The van der Waals surface area contributed by atoms with Crippen molar-refractivity contribution in [2.75, 3.05) is 24.7 Å². The first-order chi connectivity index (χ1) is 12.2. The number of carbonyl (C=O) groups is 2. The molecule has 2 heterocycles. The van der Waals surface area contributed by atoms with Gasteiger partial charge in [-0.15, -0.1) is 0 Å². The van der Waals surface area contributed by atoms with Gasteiger partial charge >= 0.3 is 0 Å². The number of benzene rings is 1. The van der Waals surface area contributed by atoms with Crippen molar-refractivity contribution in [1.29, 1.82) is 0 Å². The number of para-hydroxylation sites is 2. The summed E-state index contributed by atoms with van der Waals surface area (Å²) in [5, 5.41) is 9.32. The Morgan fingerprint density at radius 2 is 2.04 bits per heavy atom. The number of anilines is 1. The summed E-state index contributed by atoms with van der Waals surface area (Å²) in [6.45, 7) is 3.25. The van der Waals surface area contributed by atoms with Crippen LogP contribution in [0.2, 0.25) is 0 Å². The van der Waals surface area contributed by atoms with Gasteiger partial charge < -0.3 is 9.84 Å². The van der Waals surface area contributed by atoms with E-state index < -0.39 is 6.04 Å². The third-order valence-electron chi connectivity index (χ3n) is 5.06. The maximum Gasteiger partial charge on any atom is 0.251 e. The summed E-state index contributed by atoms with van der Waals surface area (Å²) in [4.78, 5) is 29.1. The van der Waals surface area contributed by atoms with Crippen molar-refractivity contribution in [3.05, 3.63) is 24.3 Å². The van der Waals surface area contributed by atoms with Crippen LogP contribution in [-0.4, -0.2) is 53.7 Å². The van der Waals surface area contributed by atoms with E-state index in [4.69, 9.17) is 4.74 Å². The van der Waals surface area contributed by atoms with E-state index in [1.54, 1.807) is 18.2 Å². The highest BCUT2D eigenvalue weighted by Gasteiger charge is 2.45. The van der Waals surface area contributed by atoms with Crippen LogP contribution in [0.1, 0.15) is 39.0 Å². The second kappa shape index (κ2) is 7.97. The fourth-order valence-corrected chi connectivity index (χ4v) is 3.94. The molecule has 6 nitrogen and oxygen atoms in total. The molecule has 2 aliphatic rings. The van der Waals surface area contributed by atoms with Crippen molar-refractivity contribution in [2.24, 2.45) is 0 Å². The summed E-state index contributed by atoms with van der Waals surface area (Å²) in [6.07, 6.45) is 3.94. The largest absolute Gasteiger partial charge is 0.492 e. The molecule has 1 aromatic carbocycles. The zero-order valence-corrected chi connectivity index (χ0v) is 14.7. The predicted molar refractivity (Wildman–Crippen MR) is 94.6 cm³/mol. The number of carbonyl (C=O) groups excluding carboxylic acids is 2. The van der Waals surface area contributed by atoms with Gasteiger partial charge in [-0.3, -0.25) is 14.5 Å². The second-order valence-electron chi connectivity index (χ2n) is 6.59. The molecule has 1 aromatic rings. The minimum atomic E-state index is -0.431. The van der Waals surface area contributed by atoms with E-state index in [1.165, 1.54) is 4.90 Å². The number of ether oxygens (including phenoxy) is 1. The van der Waals surface area contributed by atoms with E-state index in [1.807, 2.05) is 13.0 Å². The number of nitrogens with zero attached hydrogens (tertiary/aromatic N) is 2. The number of likely N-dealkylation sites (tertiary alicyclic amines) is 1. The van der Waals surface area contributed by atoms with Gasteiger partial charge in [0.15, 0.2) is 0 Å². The van der Waals surface area contributed by atoms with Gasteiger partial charge in [0, 0.05) is 12.6 Å².